The van der Waals surface area contributed by atoms with E-state index in [2.05, 4.69) is 5.32 Å². The van der Waals surface area contributed by atoms with Crippen molar-refractivity contribution in [3.05, 3.63) is 130 Å². The molecule has 0 fully saturated rings. The summed E-state index contributed by atoms with van der Waals surface area (Å²) < 4.78 is 86.3. The van der Waals surface area contributed by atoms with E-state index in [9.17, 15) is 35.9 Å². The minimum atomic E-state index is -4.96. The van der Waals surface area contributed by atoms with Crippen molar-refractivity contribution in [1.82, 2.24) is 5.32 Å². The minimum Gasteiger partial charge on any atom is -0.481 e. The summed E-state index contributed by atoms with van der Waals surface area (Å²) in [5, 5.41) is 11.8. The first-order valence-electron chi connectivity index (χ1n) is 14.4. The van der Waals surface area contributed by atoms with Crippen molar-refractivity contribution >= 4 is 11.9 Å². The molecular formula is C35H31F6NO4. The van der Waals surface area contributed by atoms with Crippen molar-refractivity contribution in [2.24, 2.45) is 0 Å². The van der Waals surface area contributed by atoms with Crippen LogP contribution in [0.4, 0.5) is 26.3 Å². The van der Waals surface area contributed by atoms with Gasteiger partial charge in [-0.3, -0.25) is 9.59 Å². The van der Waals surface area contributed by atoms with Crippen LogP contribution in [0.3, 0.4) is 0 Å². The third kappa shape index (κ3) is 9.85. The Kier molecular flexibility index (Phi) is 10.8. The molecule has 5 nitrogen and oxygen atoms in total. The largest absolute Gasteiger partial charge is 0.481 e. The Morgan fingerprint density at radius 1 is 0.761 bits per heavy atom. The lowest BCUT2D eigenvalue weighted by atomic mass is 9.96. The predicted octanol–water partition coefficient (Wildman–Crippen LogP) is 8.82. The van der Waals surface area contributed by atoms with Crippen molar-refractivity contribution in [2.75, 3.05) is 0 Å². The molecule has 4 aromatic carbocycles. The van der Waals surface area contributed by atoms with Crippen molar-refractivity contribution in [3.8, 4) is 11.5 Å². The van der Waals surface area contributed by atoms with Crippen molar-refractivity contribution in [2.45, 2.75) is 57.4 Å². The summed E-state index contributed by atoms with van der Waals surface area (Å²) in [6.45, 7) is 1.84. The predicted molar refractivity (Wildman–Crippen MR) is 160 cm³/mol. The molecule has 1 unspecified atom stereocenters. The van der Waals surface area contributed by atoms with Crippen LogP contribution in [0.15, 0.2) is 91.0 Å². The molecule has 0 heterocycles. The number of carbonyl (C=O) groups is 2. The van der Waals surface area contributed by atoms with E-state index in [0.29, 0.717) is 36.5 Å². The first-order chi connectivity index (χ1) is 21.7. The molecular weight excluding hydrogens is 612 g/mol. The maximum absolute atomic E-state index is 13.4. The molecule has 4 rings (SSSR count). The highest BCUT2D eigenvalue weighted by molar-refractivity contribution is 5.94. The maximum atomic E-state index is 13.4. The zero-order valence-corrected chi connectivity index (χ0v) is 24.7. The number of ether oxygens (including phenoxy) is 1. The Hall–Kier alpha value is -4.80. The second-order valence-electron chi connectivity index (χ2n) is 10.9. The lowest BCUT2D eigenvalue weighted by molar-refractivity contribution is -0.143. The van der Waals surface area contributed by atoms with Crippen molar-refractivity contribution in [3.63, 3.8) is 0 Å². The van der Waals surface area contributed by atoms with E-state index in [-0.39, 0.29) is 36.5 Å². The highest BCUT2D eigenvalue weighted by Gasteiger charge is 2.37. The highest BCUT2D eigenvalue weighted by atomic mass is 19.4. The second kappa shape index (κ2) is 14.5. The molecule has 0 saturated heterocycles. The molecule has 2 N–H and O–H groups in total. The molecule has 46 heavy (non-hydrogen) atoms. The van der Waals surface area contributed by atoms with E-state index in [0.717, 1.165) is 16.7 Å². The number of carboxylic acid groups (broad SMARTS) is 1. The number of hydrogen-bond donors (Lipinski definition) is 2. The average molecular weight is 644 g/mol. The van der Waals surface area contributed by atoms with Gasteiger partial charge in [0.15, 0.2) is 0 Å². The molecule has 0 aromatic heterocycles. The van der Waals surface area contributed by atoms with Gasteiger partial charge in [0, 0.05) is 18.0 Å². The molecule has 242 valence electrons. The van der Waals surface area contributed by atoms with Gasteiger partial charge in [0.1, 0.15) is 11.5 Å². The van der Waals surface area contributed by atoms with Gasteiger partial charge in [0.25, 0.3) is 5.91 Å². The molecule has 0 aliphatic carbocycles. The van der Waals surface area contributed by atoms with Crippen molar-refractivity contribution in [1.29, 1.82) is 0 Å². The van der Waals surface area contributed by atoms with E-state index in [1.807, 2.05) is 19.1 Å². The number of hydrogen-bond acceptors (Lipinski definition) is 3. The summed E-state index contributed by atoms with van der Waals surface area (Å²) in [5.41, 5.74) is -0.137. The molecule has 0 radical (unpaired) electrons. The first kappa shape index (κ1) is 34.1. The van der Waals surface area contributed by atoms with Gasteiger partial charge in [0.2, 0.25) is 0 Å². The summed E-state index contributed by atoms with van der Waals surface area (Å²) in [4.78, 5) is 24.2. The maximum Gasteiger partial charge on any atom is 0.416 e. The number of aryl methyl sites for hydroxylation is 3. The number of nitrogens with one attached hydrogen (secondary N) is 1. The Bertz CT molecular complexity index is 1640. The van der Waals surface area contributed by atoms with Gasteiger partial charge in [-0.15, -0.1) is 0 Å². The standard InChI is InChI=1S/C35H31F6NO4/c1-22-16-31(14-11-25(22)12-15-32(43)44)46-30-9-5-8-26(20-30)33(45)42-29(19-23-6-3-2-4-7-23)13-10-24-17-27(34(36,37)38)21-28(18-24)35(39,40)41/h2-9,11,14,16-18,20-21,29H,10,12-13,15,19H2,1H3,(H,42,45)(H,43,44). The van der Waals surface area contributed by atoms with Gasteiger partial charge < -0.3 is 15.2 Å². The van der Waals surface area contributed by atoms with Crippen LogP contribution in [0.25, 0.3) is 0 Å². The second-order valence-corrected chi connectivity index (χ2v) is 10.9. The third-order valence-corrected chi connectivity index (χ3v) is 7.34. The quantitative estimate of drug-likeness (QED) is 0.151. The SMILES string of the molecule is Cc1cc(Oc2cccc(C(=O)NC(CCc3cc(C(F)(F)F)cc(C(F)(F)F)c3)Cc3ccccc3)c2)ccc1CCC(=O)O. The van der Waals surface area contributed by atoms with Crippen LogP contribution in [-0.4, -0.2) is 23.0 Å². The van der Waals surface area contributed by atoms with Crippen molar-refractivity contribution < 1.29 is 45.8 Å². The molecule has 0 aliphatic heterocycles. The van der Waals surface area contributed by atoms with Crippen LogP contribution in [-0.2, 0) is 36.4 Å². The Morgan fingerprint density at radius 3 is 2.02 bits per heavy atom. The molecule has 0 saturated carbocycles. The van der Waals surface area contributed by atoms with Gasteiger partial charge in [-0.25, -0.2) is 0 Å². The Morgan fingerprint density at radius 2 is 1.41 bits per heavy atom. The smallest absolute Gasteiger partial charge is 0.416 e. The van der Waals surface area contributed by atoms with E-state index in [4.69, 9.17) is 9.84 Å². The summed E-state index contributed by atoms with van der Waals surface area (Å²) >= 11 is 0. The van der Waals surface area contributed by atoms with Gasteiger partial charge in [0.05, 0.1) is 11.1 Å². The lowest BCUT2D eigenvalue weighted by Gasteiger charge is -2.20. The molecule has 1 amide bonds. The van der Waals surface area contributed by atoms with Crippen LogP contribution in [0.1, 0.15) is 56.6 Å². The molecule has 4 aromatic rings. The number of benzene rings is 4. The van der Waals surface area contributed by atoms with Crippen LogP contribution in [0, 0.1) is 6.92 Å². The average Bonchev–Trinajstić information content (AvgIpc) is 2.99. The number of rotatable bonds is 12. The number of amides is 1. The monoisotopic (exact) mass is 643 g/mol. The minimum absolute atomic E-state index is 0.00198. The molecule has 0 aliphatic rings. The molecule has 11 heteroatoms. The summed E-state index contributed by atoms with van der Waals surface area (Å²) in [6, 6.07) is 21.5. The normalized spacial score (nSPS) is 12.4. The van der Waals surface area contributed by atoms with Gasteiger partial charge >= 0.3 is 18.3 Å². The van der Waals surface area contributed by atoms with Crippen LogP contribution in [0.2, 0.25) is 0 Å². The zero-order valence-electron chi connectivity index (χ0n) is 24.7. The fourth-order valence-electron chi connectivity index (χ4n) is 4.99. The lowest BCUT2D eigenvalue weighted by Crippen LogP contribution is -2.37. The van der Waals surface area contributed by atoms with Crippen LogP contribution in [0.5, 0.6) is 11.5 Å². The van der Waals surface area contributed by atoms with Crippen LogP contribution >= 0.6 is 0 Å². The molecule has 0 bridgehead atoms. The third-order valence-electron chi connectivity index (χ3n) is 7.34. The topological polar surface area (TPSA) is 75.6 Å². The molecule has 1 atom stereocenters. The van der Waals surface area contributed by atoms with Gasteiger partial charge in [-0.1, -0.05) is 42.5 Å². The van der Waals surface area contributed by atoms with E-state index >= 15 is 0 Å². The van der Waals surface area contributed by atoms with Gasteiger partial charge in [-0.2, -0.15) is 26.3 Å². The zero-order chi connectivity index (χ0) is 33.5. The Labute approximate surface area is 261 Å². The number of aliphatic carboxylic acids is 1. The van der Waals surface area contributed by atoms with Gasteiger partial charge in [-0.05, 0) is 103 Å². The number of alkyl halides is 6. The summed E-state index contributed by atoms with van der Waals surface area (Å²) in [6.07, 6.45) is -9.32. The summed E-state index contributed by atoms with van der Waals surface area (Å²) in [5.74, 6) is -0.553. The van der Waals surface area contributed by atoms with E-state index < -0.39 is 41.4 Å². The highest BCUT2D eigenvalue weighted by Crippen LogP contribution is 2.36. The first-order valence-corrected chi connectivity index (χ1v) is 14.4. The van der Waals surface area contributed by atoms with E-state index in [1.54, 1.807) is 54.6 Å². The number of halogens is 6. The number of carbonyl (C=O) groups excluding carboxylic acids is 1. The molecule has 0 spiro atoms. The number of carboxylic acids is 1. The Balaban J connectivity index is 1.51. The summed E-state index contributed by atoms with van der Waals surface area (Å²) in [7, 11) is 0. The fourth-order valence-corrected chi connectivity index (χ4v) is 4.99. The van der Waals surface area contributed by atoms with E-state index in [1.165, 1.54) is 6.07 Å². The fraction of sp³-hybridized carbons (Fsp3) is 0.257. The van der Waals surface area contributed by atoms with Crippen LogP contribution < -0.4 is 10.1 Å².